The second-order valence-electron chi connectivity index (χ2n) is 9.95. The van der Waals surface area contributed by atoms with E-state index in [-0.39, 0.29) is 24.8 Å². The van der Waals surface area contributed by atoms with Crippen molar-refractivity contribution in [2.24, 2.45) is 11.8 Å². The summed E-state index contributed by atoms with van der Waals surface area (Å²) in [4.78, 5) is 0. The van der Waals surface area contributed by atoms with Gasteiger partial charge in [0.15, 0.2) is 0 Å². The fraction of sp³-hybridized carbons (Fsp3) is 0.414. The topological polar surface area (TPSA) is 0 Å². The standard InChI is InChI=1S/2C12H13.C5H8.2ClH.Zr/c2*1-9(2)11-8-7-10-5-3-4-6-12(10)11;1-2-4-5-3-1;;;/h2*3-9H,1-2H3;1-4H2;2*1H;/q;;;;;+2/p-2. The second-order valence-corrected chi connectivity index (χ2v) is 17.0. The van der Waals surface area contributed by atoms with Crippen molar-refractivity contribution in [2.75, 3.05) is 0 Å². The Hall–Kier alpha value is -0.747. The van der Waals surface area contributed by atoms with Gasteiger partial charge >= 0.3 is 191 Å². The summed E-state index contributed by atoms with van der Waals surface area (Å²) in [5, 5.41) is 0. The van der Waals surface area contributed by atoms with Crippen molar-refractivity contribution in [3.8, 4) is 0 Å². The van der Waals surface area contributed by atoms with Crippen LogP contribution in [0.5, 0.6) is 0 Å². The summed E-state index contributed by atoms with van der Waals surface area (Å²) < 4.78 is 3.42. The van der Waals surface area contributed by atoms with E-state index in [0.29, 0.717) is 19.1 Å². The summed E-state index contributed by atoms with van der Waals surface area (Å²) in [7, 11) is 0. The van der Waals surface area contributed by atoms with Gasteiger partial charge in [-0.2, -0.15) is 0 Å². The number of rotatable bonds is 4. The Kier molecular flexibility index (Phi) is 8.63. The van der Waals surface area contributed by atoms with E-state index in [4.69, 9.17) is 0 Å². The average molecular weight is 545 g/mol. The van der Waals surface area contributed by atoms with Gasteiger partial charge in [0.25, 0.3) is 0 Å². The SMILES string of the molecule is CC(C)C1=C[CH]([Zr+2](=[C]2CCCC2)[CH]2C=C(C(C)C)c3ccccc32)c2ccccc21.[Cl-].[Cl-]. The van der Waals surface area contributed by atoms with Gasteiger partial charge in [-0.1, -0.05) is 0 Å². The number of hydrogen-bond donors (Lipinski definition) is 0. The molecule has 2 aromatic rings. The average Bonchev–Trinajstić information content (AvgIpc) is 3.47. The maximum atomic E-state index is 2.74. The third kappa shape index (κ3) is 4.47. The van der Waals surface area contributed by atoms with Crippen LogP contribution in [0.1, 0.15) is 82.9 Å². The maximum Gasteiger partial charge on any atom is -1.00 e. The molecule has 3 aliphatic rings. The van der Waals surface area contributed by atoms with Crippen LogP contribution >= 0.6 is 0 Å². The molecule has 32 heavy (non-hydrogen) atoms. The van der Waals surface area contributed by atoms with Gasteiger partial charge in [0.2, 0.25) is 0 Å². The van der Waals surface area contributed by atoms with E-state index in [0.717, 1.165) is 0 Å². The van der Waals surface area contributed by atoms with Crippen molar-refractivity contribution in [3.63, 3.8) is 0 Å². The predicted molar refractivity (Wildman–Crippen MR) is 127 cm³/mol. The molecule has 1 fully saturated rings. The molecule has 3 aliphatic carbocycles. The van der Waals surface area contributed by atoms with E-state index < -0.39 is 21.3 Å². The van der Waals surface area contributed by atoms with Crippen LogP contribution in [0, 0.1) is 11.8 Å². The Balaban J connectivity index is 0.00000144. The van der Waals surface area contributed by atoms with Gasteiger partial charge < -0.3 is 24.8 Å². The van der Waals surface area contributed by atoms with Crippen LogP contribution in [-0.4, -0.2) is 3.21 Å². The summed E-state index contributed by atoms with van der Waals surface area (Å²) >= 11 is -2.03. The zero-order valence-corrected chi connectivity index (χ0v) is 23.6. The number of fused-ring (bicyclic) bond motifs is 2. The zero-order chi connectivity index (χ0) is 20.8. The Morgan fingerprint density at radius 2 is 1.06 bits per heavy atom. The summed E-state index contributed by atoms with van der Waals surface area (Å²) in [5.74, 6) is 1.21. The molecule has 1 saturated carbocycles. The van der Waals surface area contributed by atoms with Crippen molar-refractivity contribution in [3.05, 3.63) is 82.9 Å². The Morgan fingerprint density at radius 1 is 0.656 bits per heavy atom. The van der Waals surface area contributed by atoms with Gasteiger partial charge in [0.1, 0.15) is 0 Å². The molecule has 3 heteroatoms. The van der Waals surface area contributed by atoms with E-state index in [1.165, 1.54) is 25.7 Å². The fourth-order valence-corrected chi connectivity index (χ4v) is 16.1. The molecular formula is C29H34Cl2Zr. The second kappa shape index (κ2) is 10.7. The number of benzene rings is 2. The van der Waals surface area contributed by atoms with Gasteiger partial charge in [-0.15, -0.1) is 0 Å². The minimum Gasteiger partial charge on any atom is -1.00 e. The quantitative estimate of drug-likeness (QED) is 0.552. The molecule has 2 atom stereocenters. The van der Waals surface area contributed by atoms with Gasteiger partial charge in [0, 0.05) is 0 Å². The van der Waals surface area contributed by atoms with E-state index in [1.54, 1.807) is 33.4 Å². The molecule has 2 aromatic carbocycles. The number of allylic oxidation sites excluding steroid dienone is 4. The molecule has 0 N–H and O–H groups in total. The molecule has 0 amide bonds. The van der Waals surface area contributed by atoms with Crippen LogP contribution in [0.3, 0.4) is 0 Å². The smallest absolute Gasteiger partial charge is 1.00 e. The largest absolute Gasteiger partial charge is 1.00 e. The molecule has 0 bridgehead atoms. The molecule has 0 nitrogen and oxygen atoms in total. The van der Waals surface area contributed by atoms with E-state index >= 15 is 0 Å². The summed E-state index contributed by atoms with van der Waals surface area (Å²) in [5.41, 5.74) is 9.61. The first-order chi connectivity index (χ1) is 14.6. The third-order valence-electron chi connectivity index (χ3n) is 7.44. The fourth-order valence-electron chi connectivity index (χ4n) is 6.03. The Labute approximate surface area is 214 Å². The van der Waals surface area contributed by atoms with Crippen LogP contribution < -0.4 is 24.8 Å². The molecule has 0 spiro atoms. The molecule has 0 heterocycles. The van der Waals surface area contributed by atoms with Crippen LogP contribution in [-0.2, 0) is 21.3 Å². The Bertz CT molecular complexity index is 991. The molecule has 5 rings (SSSR count). The summed E-state index contributed by atoms with van der Waals surface area (Å²) in [6, 6.07) is 18.7. The van der Waals surface area contributed by atoms with Gasteiger partial charge in [-0.25, -0.2) is 0 Å². The van der Waals surface area contributed by atoms with Crippen molar-refractivity contribution >= 4 is 14.4 Å². The van der Waals surface area contributed by atoms with Crippen LogP contribution in [0.25, 0.3) is 11.1 Å². The molecule has 0 aromatic heterocycles. The minimum absolute atomic E-state index is 0. The van der Waals surface area contributed by atoms with Crippen molar-refractivity contribution < 1.29 is 46.1 Å². The van der Waals surface area contributed by atoms with Crippen LogP contribution in [0.4, 0.5) is 0 Å². The monoisotopic (exact) mass is 542 g/mol. The summed E-state index contributed by atoms with van der Waals surface area (Å²) in [6.45, 7) is 9.49. The van der Waals surface area contributed by atoms with E-state index in [2.05, 4.69) is 88.4 Å². The third-order valence-corrected chi connectivity index (χ3v) is 16.3. The van der Waals surface area contributed by atoms with Gasteiger partial charge in [-0.3, -0.25) is 0 Å². The first-order valence-electron chi connectivity index (χ1n) is 11.9. The maximum absolute atomic E-state index is 2.74. The Morgan fingerprint density at radius 3 is 1.47 bits per heavy atom. The van der Waals surface area contributed by atoms with Crippen LogP contribution in [0.15, 0.2) is 60.7 Å². The van der Waals surface area contributed by atoms with Crippen molar-refractivity contribution in [1.29, 1.82) is 0 Å². The molecule has 0 radical (unpaired) electrons. The first-order valence-corrected chi connectivity index (χ1v) is 16.0. The number of hydrogen-bond acceptors (Lipinski definition) is 0. The first kappa shape index (κ1) is 25.9. The number of halogens is 2. The molecule has 168 valence electrons. The van der Waals surface area contributed by atoms with Crippen molar-refractivity contribution in [1.82, 2.24) is 0 Å². The van der Waals surface area contributed by atoms with Crippen LogP contribution in [0.2, 0.25) is 0 Å². The van der Waals surface area contributed by atoms with Gasteiger partial charge in [-0.05, 0) is 0 Å². The van der Waals surface area contributed by atoms with E-state index in [1.807, 2.05) is 3.21 Å². The summed E-state index contributed by atoms with van der Waals surface area (Å²) in [6.07, 6.45) is 11.1. The zero-order valence-electron chi connectivity index (χ0n) is 19.7. The normalized spacial score (nSPS) is 20.7. The minimum atomic E-state index is -2.03. The predicted octanol–water partition coefficient (Wildman–Crippen LogP) is 1.95. The molecule has 0 aliphatic heterocycles. The van der Waals surface area contributed by atoms with E-state index in [9.17, 15) is 0 Å². The molecule has 2 unspecified atom stereocenters. The van der Waals surface area contributed by atoms with Crippen molar-refractivity contribution in [2.45, 2.75) is 60.6 Å². The molecule has 0 saturated heterocycles. The van der Waals surface area contributed by atoms with Gasteiger partial charge in [0.05, 0.1) is 0 Å². The molecular weight excluding hydrogens is 510 g/mol.